The van der Waals surface area contributed by atoms with Crippen LogP contribution in [-0.2, 0) is 0 Å². The molecule has 7 aromatic carbocycles. The van der Waals surface area contributed by atoms with Crippen LogP contribution in [0.5, 0.6) is 11.5 Å². The lowest BCUT2D eigenvalue weighted by atomic mass is 9.98. The topological polar surface area (TPSA) is 12.5 Å². The average Bonchev–Trinajstić information content (AvgIpc) is 3.49. The number of hydrogen-bond acceptors (Lipinski definition) is 3. The first-order valence-corrected chi connectivity index (χ1v) is 16.4. The Kier molecular flexibility index (Phi) is 6.25. The second-order valence-electron chi connectivity index (χ2n) is 11.9. The fourth-order valence-electron chi connectivity index (χ4n) is 6.57. The highest BCUT2D eigenvalue weighted by atomic mass is 32.1. The predicted molar refractivity (Wildman–Crippen MR) is 195 cm³/mol. The van der Waals surface area contributed by atoms with Gasteiger partial charge < -0.3 is 9.64 Å². The molecule has 0 saturated heterocycles. The number of thiophene rings is 1. The smallest absolute Gasteiger partial charge is 0.152 e. The summed E-state index contributed by atoms with van der Waals surface area (Å²) in [6.45, 7) is 2.10. The van der Waals surface area contributed by atoms with E-state index in [0.29, 0.717) is 0 Å². The molecule has 1 aliphatic heterocycles. The lowest BCUT2D eigenvalue weighted by Gasteiger charge is -2.33. The molecule has 1 aromatic heterocycles. The van der Waals surface area contributed by atoms with Crippen molar-refractivity contribution in [2.75, 3.05) is 4.90 Å². The van der Waals surface area contributed by atoms with Crippen molar-refractivity contribution in [2.45, 2.75) is 6.92 Å². The van der Waals surface area contributed by atoms with E-state index >= 15 is 0 Å². The first kappa shape index (κ1) is 26.7. The summed E-state index contributed by atoms with van der Waals surface area (Å²) in [5, 5.41) is 2.66. The zero-order chi connectivity index (χ0) is 30.6. The molecule has 3 heteroatoms. The van der Waals surface area contributed by atoms with Crippen LogP contribution >= 0.6 is 11.3 Å². The number of anilines is 3. The maximum atomic E-state index is 6.51. The van der Waals surface area contributed by atoms with Crippen molar-refractivity contribution >= 4 is 48.6 Å². The molecule has 0 atom stereocenters. The first-order valence-electron chi connectivity index (χ1n) is 15.6. The maximum absolute atomic E-state index is 6.51. The highest BCUT2D eigenvalue weighted by molar-refractivity contribution is 7.25. The summed E-state index contributed by atoms with van der Waals surface area (Å²) in [6.07, 6.45) is 0. The molecule has 0 N–H and O–H groups in total. The fourth-order valence-corrected chi connectivity index (χ4v) is 7.66. The Morgan fingerprint density at radius 1 is 0.435 bits per heavy atom. The lowest BCUT2D eigenvalue weighted by molar-refractivity contribution is 0.477. The van der Waals surface area contributed by atoms with Crippen LogP contribution in [0.4, 0.5) is 17.1 Å². The molecule has 0 unspecified atom stereocenters. The van der Waals surface area contributed by atoms with Gasteiger partial charge in [0, 0.05) is 25.9 Å². The van der Waals surface area contributed by atoms with E-state index in [1.54, 1.807) is 0 Å². The van der Waals surface area contributed by atoms with E-state index in [4.69, 9.17) is 4.74 Å². The molecule has 9 rings (SSSR count). The Hall–Kier alpha value is -5.64. The zero-order valence-corrected chi connectivity index (χ0v) is 26.1. The van der Waals surface area contributed by atoms with Gasteiger partial charge >= 0.3 is 0 Å². The zero-order valence-electron chi connectivity index (χ0n) is 25.3. The normalized spacial score (nSPS) is 12.2. The van der Waals surface area contributed by atoms with Gasteiger partial charge in [-0.3, -0.25) is 0 Å². The van der Waals surface area contributed by atoms with Crippen molar-refractivity contribution in [1.29, 1.82) is 0 Å². The second-order valence-corrected chi connectivity index (χ2v) is 13.0. The van der Waals surface area contributed by atoms with Crippen molar-refractivity contribution in [3.8, 4) is 44.9 Å². The number of rotatable bonds is 4. The van der Waals surface area contributed by atoms with E-state index in [0.717, 1.165) is 34.1 Å². The lowest BCUT2D eigenvalue weighted by Crippen LogP contribution is -2.16. The molecule has 1 aliphatic rings. The third kappa shape index (κ3) is 4.56. The van der Waals surface area contributed by atoms with Crippen LogP contribution in [0.25, 0.3) is 53.6 Å². The summed E-state index contributed by atoms with van der Waals surface area (Å²) in [7, 11) is 0. The molecule has 0 radical (unpaired) electrons. The molecule has 0 amide bonds. The Labute approximate surface area is 272 Å². The SMILES string of the molecule is Cc1ccc2c(c1)Oc1cc(-c3ccccc3)ccc1N2c1ccc(-c2ccc(-c3ccc4sc5ccccc5c4c3)cc2)cc1. The molecule has 46 heavy (non-hydrogen) atoms. The molecule has 0 bridgehead atoms. The standard InChI is InChI=1S/C43H29NOS/c1-28-11-22-38-40(25-28)45-41-27-34(29-7-3-2-4-8-29)18-23-39(41)44(38)35-20-16-31(17-21-35)30-12-14-32(15-13-30)33-19-24-43-37(26-33)36-9-5-6-10-42(36)46-43/h2-27H,1H3. The van der Waals surface area contributed by atoms with Crippen LogP contribution in [0.15, 0.2) is 158 Å². The Morgan fingerprint density at radius 3 is 1.76 bits per heavy atom. The van der Waals surface area contributed by atoms with Gasteiger partial charge in [0.25, 0.3) is 0 Å². The van der Waals surface area contributed by atoms with Gasteiger partial charge in [0.1, 0.15) is 0 Å². The molecule has 0 spiro atoms. The molecular formula is C43H29NOS. The van der Waals surface area contributed by atoms with E-state index in [2.05, 4.69) is 163 Å². The van der Waals surface area contributed by atoms with Gasteiger partial charge in [-0.15, -0.1) is 11.3 Å². The van der Waals surface area contributed by atoms with Gasteiger partial charge in [-0.25, -0.2) is 0 Å². The Bertz CT molecular complexity index is 2390. The molecule has 2 nitrogen and oxygen atoms in total. The van der Waals surface area contributed by atoms with Crippen LogP contribution in [0.2, 0.25) is 0 Å². The molecule has 0 saturated carbocycles. The average molecular weight is 608 g/mol. The van der Waals surface area contributed by atoms with Crippen molar-refractivity contribution in [1.82, 2.24) is 0 Å². The van der Waals surface area contributed by atoms with E-state index < -0.39 is 0 Å². The minimum absolute atomic E-state index is 0.854. The van der Waals surface area contributed by atoms with E-state index in [9.17, 15) is 0 Å². The Balaban J connectivity index is 1.04. The second kappa shape index (κ2) is 10.8. The number of aryl methyl sites for hydroxylation is 1. The largest absolute Gasteiger partial charge is 0.453 e. The minimum atomic E-state index is 0.854. The number of benzene rings is 7. The van der Waals surface area contributed by atoms with Crippen LogP contribution < -0.4 is 9.64 Å². The third-order valence-corrected chi connectivity index (χ3v) is 10.1. The quantitative estimate of drug-likeness (QED) is 0.197. The van der Waals surface area contributed by atoms with Crippen LogP contribution in [0.1, 0.15) is 5.56 Å². The van der Waals surface area contributed by atoms with Gasteiger partial charge in [-0.2, -0.15) is 0 Å². The van der Waals surface area contributed by atoms with Gasteiger partial charge in [0.2, 0.25) is 0 Å². The fraction of sp³-hybridized carbons (Fsp3) is 0.0233. The van der Waals surface area contributed by atoms with E-state index in [-0.39, 0.29) is 0 Å². The minimum Gasteiger partial charge on any atom is -0.453 e. The van der Waals surface area contributed by atoms with Crippen molar-refractivity contribution in [3.63, 3.8) is 0 Å². The van der Waals surface area contributed by atoms with Crippen molar-refractivity contribution < 1.29 is 4.74 Å². The first-order chi connectivity index (χ1) is 22.7. The Morgan fingerprint density at radius 2 is 0.978 bits per heavy atom. The van der Waals surface area contributed by atoms with Crippen molar-refractivity contribution in [2.24, 2.45) is 0 Å². The molecule has 0 fully saturated rings. The number of hydrogen-bond donors (Lipinski definition) is 0. The van der Waals surface area contributed by atoms with E-state index in [1.807, 2.05) is 17.4 Å². The third-order valence-electron chi connectivity index (χ3n) is 8.94. The summed E-state index contributed by atoms with van der Waals surface area (Å²) < 4.78 is 9.18. The summed E-state index contributed by atoms with van der Waals surface area (Å²) in [4.78, 5) is 2.31. The highest BCUT2D eigenvalue weighted by Gasteiger charge is 2.26. The van der Waals surface area contributed by atoms with Gasteiger partial charge in [-0.05, 0) is 100 Å². The molecule has 0 aliphatic carbocycles. The monoisotopic (exact) mass is 607 g/mol. The molecular weight excluding hydrogens is 579 g/mol. The summed E-state index contributed by atoms with van der Waals surface area (Å²) in [5.74, 6) is 1.72. The van der Waals surface area contributed by atoms with Gasteiger partial charge in [-0.1, -0.05) is 103 Å². The highest BCUT2D eigenvalue weighted by Crippen LogP contribution is 2.51. The maximum Gasteiger partial charge on any atom is 0.152 e. The van der Waals surface area contributed by atoms with E-state index in [1.165, 1.54) is 53.6 Å². The summed E-state index contributed by atoms with van der Waals surface area (Å²) in [5.41, 5.74) is 11.5. The van der Waals surface area contributed by atoms with Crippen LogP contribution in [0, 0.1) is 6.92 Å². The number of ether oxygens (including phenoxy) is 1. The van der Waals surface area contributed by atoms with Crippen LogP contribution in [0.3, 0.4) is 0 Å². The molecule has 2 heterocycles. The van der Waals surface area contributed by atoms with Crippen molar-refractivity contribution in [3.05, 3.63) is 163 Å². The summed E-state index contributed by atoms with van der Waals surface area (Å²) in [6, 6.07) is 56.7. The number of nitrogens with zero attached hydrogens (tertiary/aromatic N) is 1. The predicted octanol–water partition coefficient (Wildman–Crippen LogP) is 12.9. The molecule has 218 valence electrons. The number of fused-ring (bicyclic) bond motifs is 5. The van der Waals surface area contributed by atoms with Gasteiger partial charge in [0.15, 0.2) is 11.5 Å². The summed E-state index contributed by atoms with van der Waals surface area (Å²) >= 11 is 1.86. The van der Waals surface area contributed by atoms with Gasteiger partial charge in [0.05, 0.1) is 11.4 Å². The molecule has 8 aromatic rings. The van der Waals surface area contributed by atoms with Crippen LogP contribution in [-0.4, -0.2) is 0 Å².